The van der Waals surface area contributed by atoms with Crippen molar-refractivity contribution in [1.29, 1.82) is 0 Å². The average Bonchev–Trinajstić information content (AvgIpc) is 3.01. The van der Waals surface area contributed by atoms with Crippen molar-refractivity contribution in [3.63, 3.8) is 0 Å². The molecule has 2 aromatic carbocycles. The minimum Gasteiger partial charge on any atom is -0.484 e. The summed E-state index contributed by atoms with van der Waals surface area (Å²) in [7, 11) is 0. The van der Waals surface area contributed by atoms with Gasteiger partial charge in [-0.2, -0.15) is 0 Å². The third-order valence-electron chi connectivity index (χ3n) is 4.11. The van der Waals surface area contributed by atoms with Crippen molar-refractivity contribution < 1.29 is 9.53 Å². The number of amides is 1. The molecule has 3 heteroatoms. The van der Waals surface area contributed by atoms with E-state index in [-0.39, 0.29) is 18.6 Å². The molecule has 1 aliphatic rings. The van der Waals surface area contributed by atoms with Gasteiger partial charge >= 0.3 is 0 Å². The molecule has 1 aliphatic carbocycles. The lowest BCUT2D eigenvalue weighted by Gasteiger charge is -2.16. The Balaban J connectivity index is 1.55. The van der Waals surface area contributed by atoms with Crippen molar-refractivity contribution in [3.8, 4) is 5.75 Å². The zero-order valence-electron chi connectivity index (χ0n) is 12.8. The van der Waals surface area contributed by atoms with E-state index in [9.17, 15) is 4.79 Å². The van der Waals surface area contributed by atoms with E-state index in [1.165, 1.54) is 24.0 Å². The maximum Gasteiger partial charge on any atom is 0.258 e. The maximum atomic E-state index is 12.0. The van der Waals surface area contributed by atoms with Crippen LogP contribution in [0.15, 0.2) is 48.5 Å². The van der Waals surface area contributed by atoms with E-state index >= 15 is 0 Å². The molecule has 2 aromatic rings. The average molecular weight is 295 g/mol. The van der Waals surface area contributed by atoms with Crippen LogP contribution in [0.3, 0.4) is 0 Å². The fourth-order valence-corrected chi connectivity index (χ4v) is 2.89. The Morgan fingerprint density at radius 1 is 1.14 bits per heavy atom. The summed E-state index contributed by atoms with van der Waals surface area (Å²) in [6.45, 7) is 2.05. The Bertz CT molecular complexity index is 652. The van der Waals surface area contributed by atoms with Crippen molar-refractivity contribution in [3.05, 3.63) is 65.2 Å². The summed E-state index contributed by atoms with van der Waals surface area (Å²) in [5.41, 5.74) is 4.04. The number of para-hydroxylation sites is 1. The predicted molar refractivity (Wildman–Crippen MR) is 87.0 cm³/mol. The summed E-state index contributed by atoms with van der Waals surface area (Å²) < 4.78 is 5.47. The van der Waals surface area contributed by atoms with Gasteiger partial charge in [0.1, 0.15) is 5.75 Å². The first-order valence-electron chi connectivity index (χ1n) is 7.81. The highest BCUT2D eigenvalue weighted by atomic mass is 16.5. The second-order valence-electron chi connectivity index (χ2n) is 5.77. The number of carbonyl (C=O) groups is 1. The molecule has 0 saturated heterocycles. The molecule has 0 aromatic heterocycles. The Kier molecular flexibility index (Phi) is 4.42. The van der Waals surface area contributed by atoms with Crippen LogP contribution in [-0.4, -0.2) is 12.5 Å². The van der Waals surface area contributed by atoms with Gasteiger partial charge in [-0.1, -0.05) is 36.4 Å². The lowest BCUT2D eigenvalue weighted by atomic mass is 10.0. The Morgan fingerprint density at radius 2 is 1.91 bits per heavy atom. The van der Waals surface area contributed by atoms with Crippen LogP contribution in [0.5, 0.6) is 5.75 Å². The third kappa shape index (κ3) is 3.48. The quantitative estimate of drug-likeness (QED) is 0.917. The van der Waals surface area contributed by atoms with Crippen LogP contribution in [-0.2, 0) is 17.6 Å². The first-order chi connectivity index (χ1) is 10.7. The molecule has 0 bridgehead atoms. The molecule has 1 atom stereocenters. The van der Waals surface area contributed by atoms with Crippen LogP contribution in [0, 0.1) is 0 Å². The molecule has 0 heterocycles. The van der Waals surface area contributed by atoms with Gasteiger partial charge in [0.15, 0.2) is 6.61 Å². The Morgan fingerprint density at radius 3 is 2.73 bits per heavy atom. The fraction of sp³-hybridized carbons (Fsp3) is 0.316. The number of fused-ring (bicyclic) bond motifs is 1. The third-order valence-corrected chi connectivity index (χ3v) is 4.11. The molecule has 0 unspecified atom stereocenters. The number of hydrogen-bond donors (Lipinski definition) is 1. The molecule has 0 fully saturated rings. The van der Waals surface area contributed by atoms with E-state index in [4.69, 9.17) is 4.74 Å². The topological polar surface area (TPSA) is 38.3 Å². The minimum absolute atomic E-state index is 0.00206. The molecule has 0 saturated carbocycles. The summed E-state index contributed by atoms with van der Waals surface area (Å²) in [5.74, 6) is 0.611. The van der Waals surface area contributed by atoms with E-state index in [1.54, 1.807) is 0 Å². The van der Waals surface area contributed by atoms with Crippen LogP contribution < -0.4 is 10.1 Å². The molecule has 0 aliphatic heterocycles. The highest BCUT2D eigenvalue weighted by molar-refractivity contribution is 5.78. The molecule has 3 nitrogen and oxygen atoms in total. The summed E-state index contributed by atoms with van der Waals surface area (Å²) >= 11 is 0. The van der Waals surface area contributed by atoms with Gasteiger partial charge in [-0.25, -0.2) is 0 Å². The van der Waals surface area contributed by atoms with Crippen molar-refractivity contribution in [2.45, 2.75) is 32.2 Å². The summed E-state index contributed by atoms with van der Waals surface area (Å²) in [5, 5.41) is 2.99. The van der Waals surface area contributed by atoms with Crippen LogP contribution in [0.4, 0.5) is 0 Å². The van der Waals surface area contributed by atoms with Crippen molar-refractivity contribution >= 4 is 5.91 Å². The minimum atomic E-state index is -0.100. The second-order valence-corrected chi connectivity index (χ2v) is 5.77. The molecule has 114 valence electrons. The van der Waals surface area contributed by atoms with Gasteiger partial charge in [-0.15, -0.1) is 0 Å². The first-order valence-corrected chi connectivity index (χ1v) is 7.81. The van der Waals surface area contributed by atoms with Crippen molar-refractivity contribution in [2.24, 2.45) is 0 Å². The molecule has 0 spiro atoms. The molecule has 1 N–H and O–H groups in total. The van der Waals surface area contributed by atoms with Crippen LogP contribution in [0.25, 0.3) is 0 Å². The number of rotatable bonds is 5. The van der Waals surface area contributed by atoms with E-state index in [1.807, 2.05) is 37.3 Å². The second kappa shape index (κ2) is 6.65. The predicted octanol–water partition coefficient (Wildman–Crippen LogP) is 3.43. The molecule has 22 heavy (non-hydrogen) atoms. The number of benzene rings is 2. The molecule has 3 rings (SSSR count). The molecular weight excluding hydrogens is 274 g/mol. The maximum absolute atomic E-state index is 12.0. The number of ether oxygens (including phenoxy) is 1. The monoisotopic (exact) mass is 295 g/mol. The lowest BCUT2D eigenvalue weighted by Crippen LogP contribution is -2.31. The smallest absolute Gasteiger partial charge is 0.258 e. The normalized spacial score (nSPS) is 14.2. The van der Waals surface area contributed by atoms with Gasteiger partial charge in [0.2, 0.25) is 0 Å². The van der Waals surface area contributed by atoms with Gasteiger partial charge in [0.25, 0.3) is 5.91 Å². The number of aryl methyl sites for hydroxylation is 2. The van der Waals surface area contributed by atoms with Gasteiger partial charge < -0.3 is 10.1 Å². The SMILES string of the molecule is C[C@H](NC(=O)COc1ccccc1)c1ccc2c(c1)CCC2. The number of carbonyl (C=O) groups excluding carboxylic acids is 1. The summed E-state index contributed by atoms with van der Waals surface area (Å²) in [6, 6.07) is 15.9. The standard InChI is InChI=1S/C19H21NO2/c1-14(16-11-10-15-6-5-7-17(15)12-16)20-19(21)13-22-18-8-3-2-4-9-18/h2-4,8-12,14H,5-7,13H2,1H3,(H,20,21)/t14-/m0/s1. The molecule has 0 radical (unpaired) electrons. The van der Waals surface area contributed by atoms with Crippen LogP contribution in [0.1, 0.15) is 36.1 Å². The molecular formula is C19H21NO2. The number of hydrogen-bond acceptors (Lipinski definition) is 2. The Hall–Kier alpha value is -2.29. The van der Waals surface area contributed by atoms with Crippen molar-refractivity contribution in [1.82, 2.24) is 5.32 Å². The van der Waals surface area contributed by atoms with E-state index in [0.717, 1.165) is 12.0 Å². The lowest BCUT2D eigenvalue weighted by molar-refractivity contribution is -0.123. The Labute approximate surface area is 131 Å². The summed E-state index contributed by atoms with van der Waals surface area (Å²) in [6.07, 6.45) is 3.58. The van der Waals surface area contributed by atoms with Gasteiger partial charge in [0, 0.05) is 0 Å². The first kappa shape index (κ1) is 14.6. The van der Waals surface area contributed by atoms with Gasteiger partial charge in [-0.05, 0) is 55.0 Å². The van der Waals surface area contributed by atoms with Gasteiger partial charge in [-0.3, -0.25) is 4.79 Å². The van der Waals surface area contributed by atoms with Crippen LogP contribution in [0.2, 0.25) is 0 Å². The number of nitrogens with one attached hydrogen (secondary N) is 1. The van der Waals surface area contributed by atoms with E-state index in [2.05, 4.69) is 23.5 Å². The van der Waals surface area contributed by atoms with Crippen LogP contribution >= 0.6 is 0 Å². The van der Waals surface area contributed by atoms with E-state index in [0.29, 0.717) is 5.75 Å². The highest BCUT2D eigenvalue weighted by Crippen LogP contribution is 2.25. The fourth-order valence-electron chi connectivity index (χ4n) is 2.89. The highest BCUT2D eigenvalue weighted by Gasteiger charge is 2.15. The van der Waals surface area contributed by atoms with E-state index < -0.39 is 0 Å². The largest absolute Gasteiger partial charge is 0.484 e. The summed E-state index contributed by atoms with van der Waals surface area (Å²) in [4.78, 5) is 12.0. The van der Waals surface area contributed by atoms with Gasteiger partial charge in [0.05, 0.1) is 6.04 Å². The zero-order valence-corrected chi connectivity index (χ0v) is 12.8. The van der Waals surface area contributed by atoms with Crippen molar-refractivity contribution in [2.75, 3.05) is 6.61 Å². The molecule has 1 amide bonds. The zero-order chi connectivity index (χ0) is 15.4.